The largest absolute Gasteiger partial charge is 0.300 e. The lowest BCUT2D eigenvalue weighted by Gasteiger charge is -2.35. The van der Waals surface area contributed by atoms with Gasteiger partial charge in [0.05, 0.1) is 0 Å². The third kappa shape index (κ3) is 3.07. The van der Waals surface area contributed by atoms with E-state index in [4.69, 9.17) is 0 Å². The van der Waals surface area contributed by atoms with Crippen molar-refractivity contribution in [3.8, 4) is 0 Å². The zero-order valence-corrected chi connectivity index (χ0v) is 12.5. The molecule has 1 aliphatic rings. The van der Waals surface area contributed by atoms with Crippen molar-refractivity contribution in [2.45, 2.75) is 38.0 Å². The molecule has 1 heteroatoms. The predicted octanol–water partition coefficient (Wildman–Crippen LogP) is 4.94. The summed E-state index contributed by atoms with van der Waals surface area (Å²) in [5.74, 6) is 1.42. The first-order valence-electron chi connectivity index (χ1n) is 7.86. The minimum absolute atomic E-state index is 0.159. The summed E-state index contributed by atoms with van der Waals surface area (Å²) in [7, 11) is 0. The Kier molecular flexibility index (Phi) is 4.19. The molecule has 2 aromatic rings. The Morgan fingerprint density at radius 3 is 2.00 bits per heavy atom. The number of rotatable bonds is 3. The molecule has 0 bridgehead atoms. The van der Waals surface area contributed by atoms with Crippen molar-refractivity contribution in [1.82, 2.24) is 0 Å². The maximum atomic E-state index is 12.2. The maximum absolute atomic E-state index is 12.2. The second kappa shape index (κ2) is 6.26. The summed E-state index contributed by atoms with van der Waals surface area (Å²) < 4.78 is 0. The average molecular weight is 278 g/mol. The molecule has 108 valence electrons. The van der Waals surface area contributed by atoms with Crippen LogP contribution in [0.1, 0.15) is 49.1 Å². The molecule has 0 N–H and O–H groups in total. The molecule has 0 aliphatic heterocycles. The fourth-order valence-corrected chi connectivity index (χ4v) is 3.75. The molecular weight excluding hydrogens is 256 g/mol. The lowest BCUT2D eigenvalue weighted by Crippen LogP contribution is -2.27. The average Bonchev–Trinajstić information content (AvgIpc) is 2.56. The van der Waals surface area contributed by atoms with Crippen LogP contribution in [0.4, 0.5) is 0 Å². The molecule has 1 saturated carbocycles. The zero-order valence-electron chi connectivity index (χ0n) is 12.5. The first-order valence-corrected chi connectivity index (χ1v) is 7.86. The van der Waals surface area contributed by atoms with Gasteiger partial charge in [-0.2, -0.15) is 0 Å². The van der Waals surface area contributed by atoms with Crippen LogP contribution in [-0.2, 0) is 4.79 Å². The highest BCUT2D eigenvalue weighted by Crippen LogP contribution is 2.44. The van der Waals surface area contributed by atoms with E-state index in [2.05, 4.69) is 54.6 Å². The molecule has 0 unspecified atom stereocenters. The summed E-state index contributed by atoms with van der Waals surface area (Å²) in [6.45, 7) is 1.76. The molecule has 1 aliphatic carbocycles. The molecule has 0 heterocycles. The van der Waals surface area contributed by atoms with Crippen molar-refractivity contribution in [2.75, 3.05) is 0 Å². The van der Waals surface area contributed by atoms with Crippen LogP contribution in [0.15, 0.2) is 60.7 Å². The van der Waals surface area contributed by atoms with Gasteiger partial charge in [-0.3, -0.25) is 4.79 Å². The van der Waals surface area contributed by atoms with Gasteiger partial charge in [0, 0.05) is 5.92 Å². The van der Waals surface area contributed by atoms with Gasteiger partial charge in [-0.15, -0.1) is 0 Å². The summed E-state index contributed by atoms with van der Waals surface area (Å²) in [5.41, 5.74) is 2.71. The minimum atomic E-state index is 0.159. The Labute approximate surface area is 127 Å². The number of hydrogen-bond donors (Lipinski definition) is 0. The Balaban J connectivity index is 1.83. The van der Waals surface area contributed by atoms with Crippen LogP contribution in [0.25, 0.3) is 0 Å². The van der Waals surface area contributed by atoms with Crippen molar-refractivity contribution < 1.29 is 4.79 Å². The number of hydrogen-bond acceptors (Lipinski definition) is 1. The number of carbonyl (C=O) groups is 1. The van der Waals surface area contributed by atoms with Gasteiger partial charge in [-0.25, -0.2) is 0 Å². The SMILES string of the molecule is CC(=O)[C@@H]1C[C@H](c2ccccc2)CC[C@H]1c1ccccc1. The monoisotopic (exact) mass is 278 g/mol. The van der Waals surface area contributed by atoms with Crippen LogP contribution < -0.4 is 0 Å². The number of benzene rings is 2. The molecule has 2 aromatic carbocycles. The Bertz CT molecular complexity index is 588. The van der Waals surface area contributed by atoms with E-state index in [9.17, 15) is 4.79 Å². The van der Waals surface area contributed by atoms with Gasteiger partial charge in [0.1, 0.15) is 5.78 Å². The van der Waals surface area contributed by atoms with Crippen molar-refractivity contribution in [2.24, 2.45) is 5.92 Å². The number of carbonyl (C=O) groups excluding carboxylic acids is 1. The van der Waals surface area contributed by atoms with Crippen LogP contribution in [0.3, 0.4) is 0 Å². The topological polar surface area (TPSA) is 17.1 Å². The summed E-state index contributed by atoms with van der Waals surface area (Å²) in [6, 6.07) is 21.2. The molecule has 0 saturated heterocycles. The lowest BCUT2D eigenvalue weighted by atomic mass is 9.68. The van der Waals surface area contributed by atoms with Crippen LogP contribution in [0.2, 0.25) is 0 Å². The standard InChI is InChI=1S/C20H22O/c1-15(21)20-14-18(16-8-4-2-5-9-16)12-13-19(20)17-10-6-3-7-11-17/h2-11,18-20H,12-14H2,1H3/t18-,19+,20+/m1/s1. The fraction of sp³-hybridized carbons (Fsp3) is 0.350. The van der Waals surface area contributed by atoms with Crippen molar-refractivity contribution in [1.29, 1.82) is 0 Å². The molecule has 3 rings (SSSR count). The summed E-state index contributed by atoms with van der Waals surface area (Å²) in [4.78, 5) is 12.2. The van der Waals surface area contributed by atoms with Gasteiger partial charge in [0.25, 0.3) is 0 Å². The second-order valence-corrected chi connectivity index (χ2v) is 6.15. The number of Topliss-reactive ketones (excluding diaryl/α,β-unsaturated/α-hetero) is 1. The summed E-state index contributed by atoms with van der Waals surface area (Å²) >= 11 is 0. The van der Waals surface area contributed by atoms with Gasteiger partial charge in [-0.1, -0.05) is 60.7 Å². The van der Waals surface area contributed by atoms with E-state index in [1.54, 1.807) is 6.92 Å². The first-order chi connectivity index (χ1) is 10.3. The summed E-state index contributed by atoms with van der Waals surface area (Å²) in [6.07, 6.45) is 3.26. The molecule has 1 fully saturated rings. The van der Waals surface area contributed by atoms with E-state index in [0.717, 1.165) is 12.8 Å². The van der Waals surface area contributed by atoms with Crippen LogP contribution in [0, 0.1) is 5.92 Å². The zero-order chi connectivity index (χ0) is 14.7. The highest BCUT2D eigenvalue weighted by Gasteiger charge is 2.34. The van der Waals surface area contributed by atoms with E-state index < -0.39 is 0 Å². The van der Waals surface area contributed by atoms with Gasteiger partial charge in [0.15, 0.2) is 0 Å². The predicted molar refractivity (Wildman–Crippen MR) is 86.4 cm³/mol. The van der Waals surface area contributed by atoms with Gasteiger partial charge >= 0.3 is 0 Å². The third-order valence-corrected chi connectivity index (χ3v) is 4.87. The quantitative estimate of drug-likeness (QED) is 0.777. The molecule has 3 atom stereocenters. The molecule has 0 radical (unpaired) electrons. The van der Waals surface area contributed by atoms with Gasteiger partial charge in [-0.05, 0) is 49.1 Å². The molecular formula is C20H22O. The van der Waals surface area contributed by atoms with E-state index >= 15 is 0 Å². The van der Waals surface area contributed by atoms with E-state index in [1.165, 1.54) is 17.5 Å². The van der Waals surface area contributed by atoms with E-state index in [0.29, 0.717) is 17.6 Å². The molecule has 0 amide bonds. The Morgan fingerprint density at radius 1 is 0.857 bits per heavy atom. The highest BCUT2D eigenvalue weighted by atomic mass is 16.1. The lowest BCUT2D eigenvalue weighted by molar-refractivity contribution is -0.122. The van der Waals surface area contributed by atoms with Crippen molar-refractivity contribution in [3.05, 3.63) is 71.8 Å². The van der Waals surface area contributed by atoms with E-state index in [-0.39, 0.29) is 5.92 Å². The Morgan fingerprint density at radius 2 is 1.43 bits per heavy atom. The first kappa shape index (κ1) is 14.1. The Hall–Kier alpha value is -1.89. The van der Waals surface area contributed by atoms with E-state index in [1.807, 2.05) is 6.07 Å². The second-order valence-electron chi connectivity index (χ2n) is 6.15. The van der Waals surface area contributed by atoms with Crippen molar-refractivity contribution in [3.63, 3.8) is 0 Å². The third-order valence-electron chi connectivity index (χ3n) is 4.87. The molecule has 21 heavy (non-hydrogen) atoms. The fourth-order valence-electron chi connectivity index (χ4n) is 3.75. The van der Waals surface area contributed by atoms with Crippen LogP contribution >= 0.6 is 0 Å². The smallest absolute Gasteiger partial charge is 0.133 e. The van der Waals surface area contributed by atoms with Crippen LogP contribution in [0.5, 0.6) is 0 Å². The maximum Gasteiger partial charge on any atom is 0.133 e. The molecule has 0 spiro atoms. The van der Waals surface area contributed by atoms with Crippen LogP contribution in [-0.4, -0.2) is 5.78 Å². The molecule has 1 nitrogen and oxygen atoms in total. The number of ketones is 1. The van der Waals surface area contributed by atoms with Crippen molar-refractivity contribution >= 4 is 5.78 Å². The highest BCUT2D eigenvalue weighted by molar-refractivity contribution is 5.79. The summed E-state index contributed by atoms with van der Waals surface area (Å²) in [5, 5.41) is 0. The van der Waals surface area contributed by atoms with Gasteiger partial charge < -0.3 is 0 Å². The molecule has 0 aromatic heterocycles. The normalized spacial score (nSPS) is 25.5. The minimum Gasteiger partial charge on any atom is -0.300 e. The van der Waals surface area contributed by atoms with Gasteiger partial charge in [0.2, 0.25) is 0 Å².